The lowest BCUT2D eigenvalue weighted by atomic mass is 9.94. The predicted octanol–water partition coefficient (Wildman–Crippen LogP) is 4.45. The molecule has 0 atom stereocenters. The number of alkyl halides is 1. The van der Waals surface area contributed by atoms with Gasteiger partial charge in [-0.15, -0.1) is 0 Å². The molecule has 0 aromatic carbocycles. The largest absolute Gasteiger partial charge is 0.509 e. The number of rotatable bonds is 4. The van der Waals surface area contributed by atoms with Crippen molar-refractivity contribution in [3.8, 4) is 0 Å². The number of amides is 1. The predicted molar refractivity (Wildman–Crippen MR) is 103 cm³/mol. The van der Waals surface area contributed by atoms with E-state index in [9.17, 15) is 9.59 Å². The number of aromatic nitrogens is 1. The third kappa shape index (κ3) is 11.3. The average Bonchev–Trinajstić information content (AvgIpc) is 2.63. The molecule has 1 aromatic heterocycles. The number of ether oxygens (including phenoxy) is 3. The summed E-state index contributed by atoms with van der Waals surface area (Å²) >= 11 is 5.24. The van der Waals surface area contributed by atoms with Crippen LogP contribution in [0, 0.1) is 5.92 Å². The molecule has 1 saturated heterocycles. The molecule has 2 rings (SSSR count). The van der Waals surface area contributed by atoms with E-state index in [0.717, 1.165) is 19.3 Å². The number of pyridine rings is 1. The molecule has 8 heteroatoms. The summed E-state index contributed by atoms with van der Waals surface area (Å²) < 4.78 is 14.7. The molecule has 1 aliphatic rings. The summed E-state index contributed by atoms with van der Waals surface area (Å²) in [6.07, 6.45) is 5.03. The highest BCUT2D eigenvalue weighted by molar-refractivity contribution is 6.17. The van der Waals surface area contributed by atoms with E-state index in [0.29, 0.717) is 25.6 Å². The molecule has 2 heterocycles. The maximum absolute atomic E-state index is 11.9. The van der Waals surface area contributed by atoms with Gasteiger partial charge in [-0.1, -0.05) is 17.7 Å². The number of piperidine rings is 1. The zero-order valence-corrected chi connectivity index (χ0v) is 17.0. The molecule has 0 radical (unpaired) electrons. The van der Waals surface area contributed by atoms with E-state index in [-0.39, 0.29) is 12.2 Å². The van der Waals surface area contributed by atoms with Gasteiger partial charge in [-0.3, -0.25) is 4.98 Å². The van der Waals surface area contributed by atoms with E-state index in [2.05, 4.69) is 9.72 Å². The van der Waals surface area contributed by atoms with Gasteiger partial charge in [0.1, 0.15) is 5.60 Å². The molecule has 0 saturated carbocycles. The zero-order chi connectivity index (χ0) is 20.1. The van der Waals surface area contributed by atoms with Gasteiger partial charge in [0.05, 0.1) is 6.61 Å². The minimum absolute atomic E-state index is 0.201. The van der Waals surface area contributed by atoms with E-state index in [1.807, 2.05) is 39.0 Å². The fourth-order valence-corrected chi connectivity index (χ4v) is 2.53. The minimum atomic E-state index is -0.740. The first-order valence-corrected chi connectivity index (χ1v) is 9.53. The van der Waals surface area contributed by atoms with Gasteiger partial charge in [-0.25, -0.2) is 9.59 Å². The van der Waals surface area contributed by atoms with Crippen LogP contribution < -0.4 is 0 Å². The van der Waals surface area contributed by atoms with Crippen LogP contribution in [0.2, 0.25) is 0 Å². The second kappa shape index (κ2) is 12.4. The van der Waals surface area contributed by atoms with Crippen molar-refractivity contribution in [3.05, 3.63) is 30.6 Å². The molecular formula is C19H29ClN2O5. The Kier molecular flexibility index (Phi) is 10.6. The number of nitrogens with zero attached hydrogens (tertiary/aromatic N) is 2. The molecule has 0 unspecified atom stereocenters. The Morgan fingerprint density at radius 2 is 1.74 bits per heavy atom. The van der Waals surface area contributed by atoms with E-state index < -0.39 is 11.8 Å². The van der Waals surface area contributed by atoms with E-state index in [1.54, 1.807) is 17.3 Å². The number of carbonyl (C=O) groups excluding carboxylic acids is 2. The van der Waals surface area contributed by atoms with Gasteiger partial charge in [0.15, 0.2) is 6.07 Å². The van der Waals surface area contributed by atoms with Crippen LogP contribution in [-0.4, -0.2) is 53.5 Å². The van der Waals surface area contributed by atoms with Gasteiger partial charge in [0.25, 0.3) is 0 Å². The van der Waals surface area contributed by atoms with Gasteiger partial charge < -0.3 is 19.1 Å². The lowest BCUT2D eigenvalue weighted by molar-refractivity contribution is 0.0168. The second-order valence-electron chi connectivity index (χ2n) is 7.08. The quantitative estimate of drug-likeness (QED) is 0.548. The number of likely N-dealkylation sites (tertiary alicyclic amines) is 1. The molecule has 1 aromatic rings. The Bertz CT molecular complexity index is 516. The molecule has 1 amide bonds. The van der Waals surface area contributed by atoms with Crippen LogP contribution in [0.5, 0.6) is 0 Å². The fraction of sp³-hybridized carbons (Fsp3) is 0.632. The Morgan fingerprint density at radius 1 is 1.11 bits per heavy atom. The van der Waals surface area contributed by atoms with Crippen molar-refractivity contribution in [2.24, 2.45) is 5.92 Å². The molecule has 1 aliphatic heterocycles. The lowest BCUT2D eigenvalue weighted by Crippen LogP contribution is -2.41. The maximum Gasteiger partial charge on any atom is 0.509 e. The van der Waals surface area contributed by atoms with Crippen molar-refractivity contribution in [3.63, 3.8) is 0 Å². The average molecular weight is 401 g/mol. The number of hydrogen-bond donors (Lipinski definition) is 0. The van der Waals surface area contributed by atoms with Crippen LogP contribution in [0.1, 0.15) is 40.0 Å². The second-order valence-corrected chi connectivity index (χ2v) is 7.29. The van der Waals surface area contributed by atoms with Crippen LogP contribution >= 0.6 is 11.6 Å². The van der Waals surface area contributed by atoms with Crippen molar-refractivity contribution >= 4 is 23.8 Å². The molecule has 0 bridgehead atoms. The van der Waals surface area contributed by atoms with Crippen LogP contribution in [0.4, 0.5) is 9.59 Å². The molecule has 152 valence electrons. The highest BCUT2D eigenvalue weighted by Crippen LogP contribution is 2.22. The van der Waals surface area contributed by atoms with Crippen molar-refractivity contribution in [2.45, 2.75) is 45.6 Å². The Balaban J connectivity index is 0.000000511. The fourth-order valence-electron chi connectivity index (χ4n) is 2.44. The van der Waals surface area contributed by atoms with Gasteiger partial charge in [0.2, 0.25) is 0 Å². The summed E-state index contributed by atoms with van der Waals surface area (Å²) in [6.45, 7) is 7.23. The van der Waals surface area contributed by atoms with Crippen molar-refractivity contribution in [2.75, 3.05) is 25.8 Å². The van der Waals surface area contributed by atoms with E-state index in [1.165, 1.54) is 0 Å². The van der Waals surface area contributed by atoms with Crippen molar-refractivity contribution < 1.29 is 23.8 Å². The highest BCUT2D eigenvalue weighted by atomic mass is 35.5. The Hall–Kier alpha value is -2.02. The van der Waals surface area contributed by atoms with Crippen molar-refractivity contribution in [1.82, 2.24) is 9.88 Å². The van der Waals surface area contributed by atoms with E-state index in [4.69, 9.17) is 21.1 Å². The monoisotopic (exact) mass is 400 g/mol. The molecule has 0 aliphatic carbocycles. The van der Waals surface area contributed by atoms with Gasteiger partial charge in [-0.2, -0.15) is 0 Å². The van der Waals surface area contributed by atoms with Crippen LogP contribution in [0.3, 0.4) is 0 Å². The minimum Gasteiger partial charge on any atom is -0.444 e. The molecule has 7 nitrogen and oxygen atoms in total. The number of halogens is 1. The molecular weight excluding hydrogens is 372 g/mol. The summed E-state index contributed by atoms with van der Waals surface area (Å²) in [4.78, 5) is 28.4. The SMILES string of the molecule is CC(C)(C)OC(=O)N1CCC(CCOC(=O)OCCl)CC1.c1ccncc1. The molecule has 0 N–H and O–H groups in total. The zero-order valence-electron chi connectivity index (χ0n) is 16.2. The van der Waals surface area contributed by atoms with Crippen LogP contribution in [0.15, 0.2) is 30.6 Å². The lowest BCUT2D eigenvalue weighted by Gasteiger charge is -2.33. The summed E-state index contributed by atoms with van der Waals surface area (Å²) in [6, 6.07) is 5.51. The first-order valence-electron chi connectivity index (χ1n) is 9.00. The smallest absolute Gasteiger partial charge is 0.444 e. The van der Waals surface area contributed by atoms with Crippen LogP contribution in [0.25, 0.3) is 0 Å². The summed E-state index contributed by atoms with van der Waals surface area (Å²) in [5.74, 6) is 0.437. The van der Waals surface area contributed by atoms with Gasteiger partial charge in [-0.05, 0) is 58.1 Å². The molecule has 0 spiro atoms. The third-order valence-electron chi connectivity index (χ3n) is 3.75. The summed E-state index contributed by atoms with van der Waals surface area (Å²) in [5, 5.41) is 0. The normalized spacial score (nSPS) is 14.6. The Labute approximate surface area is 165 Å². The van der Waals surface area contributed by atoms with Gasteiger partial charge in [0, 0.05) is 25.5 Å². The Morgan fingerprint density at radius 3 is 2.19 bits per heavy atom. The number of carbonyl (C=O) groups is 2. The summed E-state index contributed by atoms with van der Waals surface area (Å²) in [5.41, 5.74) is -0.468. The maximum atomic E-state index is 11.9. The first-order chi connectivity index (χ1) is 12.8. The number of hydrogen-bond acceptors (Lipinski definition) is 6. The summed E-state index contributed by atoms with van der Waals surface area (Å²) in [7, 11) is 0. The standard InChI is InChI=1S/C14H24ClNO5.C5H5N/c1-14(2,3)21-12(17)16-7-4-11(5-8-16)6-9-19-13(18)20-10-15;1-2-4-6-5-3-1/h11H,4-10H2,1-3H3;1-5H. The first kappa shape index (κ1) is 23.0. The topological polar surface area (TPSA) is 78.0 Å². The van der Waals surface area contributed by atoms with Crippen LogP contribution in [-0.2, 0) is 14.2 Å². The molecule has 1 fully saturated rings. The highest BCUT2D eigenvalue weighted by Gasteiger charge is 2.26. The van der Waals surface area contributed by atoms with Gasteiger partial charge >= 0.3 is 12.2 Å². The third-order valence-corrected chi connectivity index (χ3v) is 3.86. The van der Waals surface area contributed by atoms with E-state index >= 15 is 0 Å². The molecule has 27 heavy (non-hydrogen) atoms. The van der Waals surface area contributed by atoms with Crippen molar-refractivity contribution in [1.29, 1.82) is 0 Å².